The Hall–Kier alpha value is -1.88. The van der Waals surface area contributed by atoms with Crippen molar-refractivity contribution in [2.45, 2.75) is 30.9 Å². The fraction of sp³-hybridized carbons (Fsp3) is 0.235. The SMILES string of the molecule is Cc1ccc(C)c(SC(C)C(=O)Nc2c(F)cccc2F)c1. The fourth-order valence-corrected chi connectivity index (χ4v) is 2.98. The summed E-state index contributed by atoms with van der Waals surface area (Å²) in [5, 5.41) is 1.85. The van der Waals surface area contributed by atoms with E-state index < -0.39 is 28.5 Å². The van der Waals surface area contributed by atoms with E-state index in [0.717, 1.165) is 28.2 Å². The van der Waals surface area contributed by atoms with Gasteiger partial charge >= 0.3 is 0 Å². The summed E-state index contributed by atoms with van der Waals surface area (Å²) in [6, 6.07) is 9.46. The zero-order valence-corrected chi connectivity index (χ0v) is 13.4. The van der Waals surface area contributed by atoms with Crippen molar-refractivity contribution in [3.63, 3.8) is 0 Å². The lowest BCUT2D eigenvalue weighted by Gasteiger charge is -2.14. The molecule has 0 heterocycles. The third-order valence-corrected chi connectivity index (χ3v) is 4.49. The number of benzene rings is 2. The molecule has 2 nitrogen and oxygen atoms in total. The van der Waals surface area contributed by atoms with Crippen molar-refractivity contribution in [3.8, 4) is 0 Å². The molecule has 2 rings (SSSR count). The number of halogens is 2. The van der Waals surface area contributed by atoms with Gasteiger partial charge in [-0.1, -0.05) is 23.8 Å². The quantitative estimate of drug-likeness (QED) is 0.827. The number of thioether (sulfide) groups is 1. The topological polar surface area (TPSA) is 29.1 Å². The molecule has 0 fully saturated rings. The summed E-state index contributed by atoms with van der Waals surface area (Å²) in [5.74, 6) is -2.00. The number of para-hydroxylation sites is 1. The van der Waals surface area contributed by atoms with Crippen LogP contribution in [0.1, 0.15) is 18.1 Å². The molecule has 2 aromatic carbocycles. The summed E-state index contributed by atoms with van der Waals surface area (Å²) in [6.07, 6.45) is 0. The first-order chi connectivity index (χ1) is 10.4. The number of carbonyl (C=O) groups is 1. The molecular formula is C17H17F2NOS. The van der Waals surface area contributed by atoms with E-state index in [2.05, 4.69) is 5.32 Å². The van der Waals surface area contributed by atoms with Gasteiger partial charge in [0.25, 0.3) is 0 Å². The van der Waals surface area contributed by atoms with Crippen molar-refractivity contribution in [2.24, 2.45) is 0 Å². The van der Waals surface area contributed by atoms with Crippen molar-refractivity contribution in [1.29, 1.82) is 0 Å². The van der Waals surface area contributed by atoms with Crippen LogP contribution in [0, 0.1) is 25.5 Å². The maximum atomic E-state index is 13.6. The first kappa shape index (κ1) is 16.5. The van der Waals surface area contributed by atoms with Gasteiger partial charge in [-0.3, -0.25) is 4.79 Å². The van der Waals surface area contributed by atoms with Gasteiger partial charge < -0.3 is 5.32 Å². The van der Waals surface area contributed by atoms with Gasteiger partial charge in [0.05, 0.1) is 5.25 Å². The number of rotatable bonds is 4. The van der Waals surface area contributed by atoms with Gasteiger partial charge in [0.2, 0.25) is 5.91 Å². The maximum Gasteiger partial charge on any atom is 0.237 e. The average molecular weight is 321 g/mol. The van der Waals surface area contributed by atoms with E-state index in [9.17, 15) is 13.6 Å². The molecule has 0 saturated heterocycles. The van der Waals surface area contributed by atoms with Crippen LogP contribution in [-0.2, 0) is 4.79 Å². The zero-order valence-electron chi connectivity index (χ0n) is 12.6. The molecule has 0 aliphatic carbocycles. The van der Waals surface area contributed by atoms with Crippen molar-refractivity contribution in [3.05, 3.63) is 59.2 Å². The lowest BCUT2D eigenvalue weighted by atomic mass is 10.2. The normalized spacial score (nSPS) is 12.0. The van der Waals surface area contributed by atoms with E-state index in [4.69, 9.17) is 0 Å². The molecule has 1 atom stereocenters. The van der Waals surface area contributed by atoms with Gasteiger partial charge in [0.1, 0.15) is 17.3 Å². The predicted molar refractivity (Wildman–Crippen MR) is 86.2 cm³/mol. The number of aryl methyl sites for hydroxylation is 2. The minimum Gasteiger partial charge on any atom is -0.320 e. The number of amides is 1. The van der Waals surface area contributed by atoms with Crippen LogP contribution in [0.15, 0.2) is 41.3 Å². The largest absolute Gasteiger partial charge is 0.320 e. The molecule has 22 heavy (non-hydrogen) atoms. The highest BCUT2D eigenvalue weighted by Crippen LogP contribution is 2.28. The number of hydrogen-bond acceptors (Lipinski definition) is 2. The van der Waals surface area contributed by atoms with Crippen molar-refractivity contribution in [2.75, 3.05) is 5.32 Å². The molecule has 0 saturated carbocycles. The first-order valence-electron chi connectivity index (χ1n) is 6.87. The summed E-state index contributed by atoms with van der Waals surface area (Å²) in [4.78, 5) is 13.1. The molecule has 0 radical (unpaired) electrons. The Morgan fingerprint density at radius 1 is 1.14 bits per heavy atom. The highest BCUT2D eigenvalue weighted by molar-refractivity contribution is 8.00. The average Bonchev–Trinajstić information content (AvgIpc) is 2.46. The van der Waals surface area contributed by atoms with E-state index in [1.807, 2.05) is 32.0 Å². The van der Waals surface area contributed by atoms with Gasteiger partial charge in [-0.25, -0.2) is 8.78 Å². The Morgan fingerprint density at radius 2 is 1.77 bits per heavy atom. The molecule has 1 amide bonds. The molecular weight excluding hydrogens is 304 g/mol. The molecule has 0 aliphatic heterocycles. The summed E-state index contributed by atoms with van der Waals surface area (Å²) < 4.78 is 27.1. The number of carbonyl (C=O) groups excluding carboxylic acids is 1. The monoisotopic (exact) mass is 321 g/mol. The van der Waals surface area contributed by atoms with Crippen LogP contribution in [0.2, 0.25) is 0 Å². The van der Waals surface area contributed by atoms with Crippen LogP contribution in [-0.4, -0.2) is 11.2 Å². The standard InChI is InChI=1S/C17H17F2NOS/c1-10-7-8-11(2)15(9-10)22-12(3)17(21)20-16-13(18)5-4-6-14(16)19/h4-9,12H,1-3H3,(H,20,21). The minimum absolute atomic E-state index is 0.402. The Bertz CT molecular complexity index is 683. The molecule has 0 aliphatic rings. The molecule has 0 spiro atoms. The van der Waals surface area contributed by atoms with Crippen LogP contribution >= 0.6 is 11.8 Å². The lowest BCUT2D eigenvalue weighted by Crippen LogP contribution is -2.23. The second-order valence-electron chi connectivity index (χ2n) is 5.11. The first-order valence-corrected chi connectivity index (χ1v) is 7.75. The Balaban J connectivity index is 2.11. The van der Waals surface area contributed by atoms with E-state index >= 15 is 0 Å². The molecule has 2 aromatic rings. The highest BCUT2D eigenvalue weighted by atomic mass is 32.2. The molecule has 1 N–H and O–H groups in total. The van der Waals surface area contributed by atoms with Crippen molar-refractivity contribution in [1.82, 2.24) is 0 Å². The smallest absolute Gasteiger partial charge is 0.237 e. The summed E-state index contributed by atoms with van der Waals surface area (Å²) in [5.41, 5.74) is 1.76. The van der Waals surface area contributed by atoms with Gasteiger partial charge in [0, 0.05) is 4.90 Å². The third kappa shape index (κ3) is 3.85. The van der Waals surface area contributed by atoms with Gasteiger partial charge in [-0.2, -0.15) is 0 Å². The van der Waals surface area contributed by atoms with Crippen molar-refractivity contribution >= 4 is 23.4 Å². The summed E-state index contributed by atoms with van der Waals surface area (Å²) in [7, 11) is 0. The predicted octanol–water partition coefficient (Wildman–Crippen LogP) is 4.70. The minimum atomic E-state index is -0.780. The molecule has 5 heteroatoms. The molecule has 0 aromatic heterocycles. The molecule has 1 unspecified atom stereocenters. The maximum absolute atomic E-state index is 13.6. The van der Waals surface area contributed by atoms with Crippen molar-refractivity contribution < 1.29 is 13.6 Å². The van der Waals surface area contributed by atoms with Crippen LogP contribution in [0.4, 0.5) is 14.5 Å². The van der Waals surface area contributed by atoms with Gasteiger partial charge in [-0.05, 0) is 44.5 Å². The van der Waals surface area contributed by atoms with E-state index in [-0.39, 0.29) is 0 Å². The van der Waals surface area contributed by atoms with Crippen LogP contribution in [0.5, 0.6) is 0 Å². The van der Waals surface area contributed by atoms with Crippen LogP contribution < -0.4 is 5.32 Å². The van der Waals surface area contributed by atoms with Gasteiger partial charge in [-0.15, -0.1) is 11.8 Å². The lowest BCUT2D eigenvalue weighted by molar-refractivity contribution is -0.115. The summed E-state index contributed by atoms with van der Waals surface area (Å²) >= 11 is 1.37. The van der Waals surface area contributed by atoms with E-state index in [1.165, 1.54) is 17.8 Å². The van der Waals surface area contributed by atoms with Gasteiger partial charge in [0.15, 0.2) is 0 Å². The van der Waals surface area contributed by atoms with Crippen LogP contribution in [0.25, 0.3) is 0 Å². The number of hydrogen-bond donors (Lipinski definition) is 1. The fourth-order valence-electron chi connectivity index (χ4n) is 1.92. The number of anilines is 1. The highest BCUT2D eigenvalue weighted by Gasteiger charge is 2.19. The number of nitrogens with one attached hydrogen (secondary N) is 1. The Morgan fingerprint density at radius 3 is 2.41 bits per heavy atom. The zero-order chi connectivity index (χ0) is 16.3. The molecule has 0 bridgehead atoms. The Labute approximate surface area is 132 Å². The van der Waals surface area contributed by atoms with E-state index in [0.29, 0.717) is 0 Å². The Kier molecular flexibility index (Phi) is 5.19. The van der Waals surface area contributed by atoms with Crippen LogP contribution in [0.3, 0.4) is 0 Å². The third-order valence-electron chi connectivity index (χ3n) is 3.23. The summed E-state index contributed by atoms with van der Waals surface area (Å²) in [6.45, 7) is 5.65. The molecule has 116 valence electrons. The van der Waals surface area contributed by atoms with E-state index in [1.54, 1.807) is 6.92 Å². The second-order valence-corrected chi connectivity index (χ2v) is 6.50. The second kappa shape index (κ2) is 6.92.